The summed E-state index contributed by atoms with van der Waals surface area (Å²) in [6.45, 7) is 0. The molecule has 0 amide bonds. The van der Waals surface area contributed by atoms with Gasteiger partial charge >= 0.3 is 5.97 Å². The molecule has 5 heteroatoms. The van der Waals surface area contributed by atoms with Crippen molar-refractivity contribution < 1.29 is 14.7 Å². The number of rotatable bonds is 5. The van der Waals surface area contributed by atoms with E-state index in [0.717, 1.165) is 0 Å². The van der Waals surface area contributed by atoms with E-state index in [4.69, 9.17) is 5.11 Å². The maximum atomic E-state index is 10.5. The SMILES string of the molecule is CN[C@@H](CCC(=O)I)C(=O)O. The van der Waals surface area contributed by atoms with Gasteiger partial charge in [-0.2, -0.15) is 0 Å². The highest BCUT2D eigenvalue weighted by atomic mass is 127. The summed E-state index contributed by atoms with van der Waals surface area (Å²) in [6, 6.07) is -0.603. The Labute approximate surface area is 78.5 Å². The standard InChI is InChI=1S/C6H10INO3/c1-8-4(6(10)11)2-3-5(7)9/h4,8H,2-3H2,1H3,(H,10,11)/t4-/m0/s1. The highest BCUT2D eigenvalue weighted by Gasteiger charge is 2.14. The van der Waals surface area contributed by atoms with Gasteiger partial charge in [0, 0.05) is 6.42 Å². The zero-order valence-corrected chi connectivity index (χ0v) is 8.29. The molecule has 11 heavy (non-hydrogen) atoms. The molecule has 1 atom stereocenters. The molecular weight excluding hydrogens is 261 g/mol. The second-order valence-electron chi connectivity index (χ2n) is 2.07. The molecule has 0 unspecified atom stereocenters. The van der Waals surface area contributed by atoms with E-state index >= 15 is 0 Å². The van der Waals surface area contributed by atoms with Gasteiger partial charge < -0.3 is 10.4 Å². The van der Waals surface area contributed by atoms with E-state index in [1.165, 1.54) is 0 Å². The van der Waals surface area contributed by atoms with Crippen LogP contribution in [-0.4, -0.2) is 28.0 Å². The second kappa shape index (κ2) is 5.48. The first kappa shape index (κ1) is 10.8. The van der Waals surface area contributed by atoms with Crippen molar-refractivity contribution in [1.29, 1.82) is 0 Å². The molecule has 0 radical (unpaired) electrons. The van der Waals surface area contributed by atoms with Crippen LogP contribution in [0.2, 0.25) is 0 Å². The zero-order valence-electron chi connectivity index (χ0n) is 6.13. The molecule has 0 aromatic rings. The Morgan fingerprint density at radius 1 is 1.64 bits per heavy atom. The van der Waals surface area contributed by atoms with Crippen molar-refractivity contribution in [1.82, 2.24) is 5.32 Å². The van der Waals surface area contributed by atoms with Crippen LogP contribution in [0.15, 0.2) is 0 Å². The number of carbonyl (C=O) groups is 2. The van der Waals surface area contributed by atoms with E-state index in [9.17, 15) is 9.59 Å². The molecule has 0 saturated carbocycles. The summed E-state index contributed by atoms with van der Waals surface area (Å²) in [4.78, 5) is 20.8. The lowest BCUT2D eigenvalue weighted by Gasteiger charge is -2.08. The van der Waals surface area contributed by atoms with Gasteiger partial charge in [0.15, 0.2) is 3.79 Å². The third-order valence-corrected chi connectivity index (χ3v) is 1.82. The first-order valence-corrected chi connectivity index (χ1v) is 4.24. The number of nitrogens with one attached hydrogen (secondary N) is 1. The first-order valence-electron chi connectivity index (χ1n) is 3.16. The van der Waals surface area contributed by atoms with Crippen molar-refractivity contribution in [3.05, 3.63) is 0 Å². The fourth-order valence-electron chi connectivity index (χ4n) is 0.649. The van der Waals surface area contributed by atoms with Crippen LogP contribution in [0.25, 0.3) is 0 Å². The van der Waals surface area contributed by atoms with Gasteiger partial charge in [0.05, 0.1) is 0 Å². The lowest BCUT2D eigenvalue weighted by atomic mass is 10.2. The number of aliphatic carboxylic acids is 1. The van der Waals surface area contributed by atoms with E-state index in [1.54, 1.807) is 29.6 Å². The Kier molecular flexibility index (Phi) is 5.39. The van der Waals surface area contributed by atoms with Gasteiger partial charge in [0.2, 0.25) is 0 Å². The van der Waals surface area contributed by atoms with Crippen molar-refractivity contribution in [3.63, 3.8) is 0 Å². The van der Waals surface area contributed by atoms with Crippen LogP contribution in [0.3, 0.4) is 0 Å². The Bertz CT molecular complexity index is 160. The maximum Gasteiger partial charge on any atom is 0.320 e. The van der Waals surface area contributed by atoms with Crippen LogP contribution in [0, 0.1) is 0 Å². The Morgan fingerprint density at radius 2 is 2.18 bits per heavy atom. The van der Waals surface area contributed by atoms with Gasteiger partial charge in [0.1, 0.15) is 6.04 Å². The molecule has 0 aromatic heterocycles. The third kappa shape index (κ3) is 5.14. The average molecular weight is 271 g/mol. The van der Waals surface area contributed by atoms with Crippen LogP contribution in [0.1, 0.15) is 12.8 Å². The quantitative estimate of drug-likeness (QED) is 0.561. The highest BCUT2D eigenvalue weighted by Crippen LogP contribution is 2.01. The van der Waals surface area contributed by atoms with Crippen LogP contribution < -0.4 is 5.32 Å². The summed E-state index contributed by atoms with van der Waals surface area (Å²) >= 11 is 1.66. The minimum atomic E-state index is -0.912. The minimum absolute atomic E-state index is 0.0101. The number of carboxylic acid groups (broad SMARTS) is 1. The summed E-state index contributed by atoms with van der Waals surface area (Å²) in [5.74, 6) is -0.912. The average Bonchev–Trinajstić information content (AvgIpc) is 1.87. The number of carboxylic acids is 1. The molecule has 0 aliphatic rings. The molecule has 0 rings (SSSR count). The van der Waals surface area contributed by atoms with E-state index < -0.39 is 12.0 Å². The fraction of sp³-hybridized carbons (Fsp3) is 0.667. The van der Waals surface area contributed by atoms with Gasteiger partial charge in [-0.3, -0.25) is 9.59 Å². The van der Waals surface area contributed by atoms with Crippen LogP contribution >= 0.6 is 22.6 Å². The maximum absolute atomic E-state index is 10.5. The Hall–Kier alpha value is -0.170. The largest absolute Gasteiger partial charge is 0.480 e. The van der Waals surface area contributed by atoms with Crippen molar-refractivity contribution in [2.45, 2.75) is 18.9 Å². The van der Waals surface area contributed by atoms with E-state index in [0.29, 0.717) is 12.8 Å². The first-order chi connectivity index (χ1) is 5.07. The zero-order chi connectivity index (χ0) is 8.85. The monoisotopic (exact) mass is 271 g/mol. The van der Waals surface area contributed by atoms with Crippen LogP contribution in [0.4, 0.5) is 0 Å². The van der Waals surface area contributed by atoms with Crippen LogP contribution in [0.5, 0.6) is 0 Å². The van der Waals surface area contributed by atoms with Crippen molar-refractivity contribution >= 4 is 32.4 Å². The molecule has 0 aromatic carbocycles. The van der Waals surface area contributed by atoms with Gasteiger partial charge in [-0.05, 0) is 36.1 Å². The molecule has 0 spiro atoms. The minimum Gasteiger partial charge on any atom is -0.480 e. The van der Waals surface area contributed by atoms with E-state index in [-0.39, 0.29) is 3.79 Å². The normalized spacial score (nSPS) is 12.5. The molecule has 4 nitrogen and oxygen atoms in total. The van der Waals surface area contributed by atoms with E-state index in [2.05, 4.69) is 5.32 Å². The molecule has 0 heterocycles. The lowest BCUT2D eigenvalue weighted by Crippen LogP contribution is -2.33. The van der Waals surface area contributed by atoms with E-state index in [1.807, 2.05) is 0 Å². The summed E-state index contributed by atoms with van der Waals surface area (Å²) in [5, 5.41) is 11.1. The van der Waals surface area contributed by atoms with Gasteiger partial charge in [-0.25, -0.2) is 0 Å². The van der Waals surface area contributed by atoms with Crippen molar-refractivity contribution in [3.8, 4) is 0 Å². The lowest BCUT2D eigenvalue weighted by molar-refractivity contribution is -0.139. The summed E-state index contributed by atoms with van der Waals surface area (Å²) < 4.78 is -0.0101. The predicted molar refractivity (Wildman–Crippen MR) is 48.7 cm³/mol. The summed E-state index contributed by atoms with van der Waals surface area (Å²) in [7, 11) is 1.57. The summed E-state index contributed by atoms with van der Waals surface area (Å²) in [6.07, 6.45) is 0.659. The Balaban J connectivity index is 3.70. The second-order valence-corrected chi connectivity index (χ2v) is 3.28. The molecule has 0 fully saturated rings. The smallest absolute Gasteiger partial charge is 0.320 e. The van der Waals surface area contributed by atoms with Crippen molar-refractivity contribution in [2.24, 2.45) is 0 Å². The van der Waals surface area contributed by atoms with Gasteiger partial charge in [0.25, 0.3) is 0 Å². The molecule has 0 saturated heterocycles. The van der Waals surface area contributed by atoms with Crippen molar-refractivity contribution in [2.75, 3.05) is 7.05 Å². The topological polar surface area (TPSA) is 66.4 Å². The van der Waals surface area contributed by atoms with Gasteiger partial charge in [-0.15, -0.1) is 0 Å². The van der Waals surface area contributed by atoms with Gasteiger partial charge in [-0.1, -0.05) is 0 Å². The molecular formula is C6H10INO3. The molecule has 2 N–H and O–H groups in total. The third-order valence-electron chi connectivity index (χ3n) is 1.28. The highest BCUT2D eigenvalue weighted by molar-refractivity contribution is 14.1. The molecule has 64 valence electrons. The molecule has 0 bridgehead atoms. The van der Waals surface area contributed by atoms with Crippen LogP contribution in [-0.2, 0) is 9.59 Å². The number of likely N-dealkylation sites (N-methyl/N-ethyl adjacent to an activating group) is 1. The fourth-order valence-corrected chi connectivity index (χ4v) is 0.961. The summed E-state index contributed by atoms with van der Waals surface area (Å²) in [5.41, 5.74) is 0. The number of carbonyl (C=O) groups excluding carboxylic acids is 1. The number of halogens is 1. The molecule has 0 aliphatic carbocycles. The Morgan fingerprint density at radius 3 is 2.45 bits per heavy atom. The molecule has 0 aliphatic heterocycles. The number of hydrogen-bond acceptors (Lipinski definition) is 3. The predicted octanol–water partition coefficient (Wildman–Crippen LogP) is 0.401. The number of hydrogen-bond donors (Lipinski definition) is 2.